The van der Waals surface area contributed by atoms with Gasteiger partial charge in [-0.2, -0.15) is 12.7 Å². The number of rotatable bonds is 4. The van der Waals surface area contributed by atoms with E-state index in [1.165, 1.54) is 4.31 Å². The van der Waals surface area contributed by atoms with Crippen molar-refractivity contribution in [1.29, 1.82) is 0 Å². The number of hydrogen-bond donors (Lipinski definition) is 0. The Morgan fingerprint density at radius 3 is 2.68 bits per heavy atom. The number of esters is 1. The Hall–Kier alpha value is -1.11. The maximum absolute atomic E-state index is 12.3. The molecule has 7 heteroatoms. The summed E-state index contributed by atoms with van der Waals surface area (Å²) in [5.74, 6) is -0.301. The van der Waals surface area contributed by atoms with Gasteiger partial charge in [0.2, 0.25) is 0 Å². The number of benzene rings is 1. The maximum atomic E-state index is 12.3. The average molecular weight is 344 g/mol. The molecule has 5 nitrogen and oxygen atoms in total. The standard InChI is InChI=1S/C15H18ClNO4S/c16-22(19,20)17-13-8-4-7-12(13)9-14(17)15(18)21-10-11-5-2-1-3-6-11/h1-3,5-6,12-14H,4,7-10H2/t12-,13-,14-/m0/s1. The highest BCUT2D eigenvalue weighted by Crippen LogP contribution is 2.43. The van der Waals surface area contributed by atoms with Gasteiger partial charge in [0.1, 0.15) is 12.6 Å². The van der Waals surface area contributed by atoms with Crippen molar-refractivity contribution in [3.8, 4) is 0 Å². The molecule has 1 aliphatic heterocycles. The molecule has 0 spiro atoms. The van der Waals surface area contributed by atoms with E-state index in [0.717, 1.165) is 24.8 Å². The van der Waals surface area contributed by atoms with Crippen LogP contribution in [0.5, 0.6) is 0 Å². The van der Waals surface area contributed by atoms with E-state index in [-0.39, 0.29) is 18.6 Å². The van der Waals surface area contributed by atoms with E-state index in [2.05, 4.69) is 0 Å². The van der Waals surface area contributed by atoms with E-state index in [0.29, 0.717) is 6.42 Å². The van der Waals surface area contributed by atoms with Crippen LogP contribution in [0.1, 0.15) is 31.2 Å². The number of ether oxygens (including phenoxy) is 1. The molecule has 0 bridgehead atoms. The maximum Gasteiger partial charge on any atom is 0.324 e. The van der Waals surface area contributed by atoms with Crippen LogP contribution >= 0.6 is 10.7 Å². The summed E-state index contributed by atoms with van der Waals surface area (Å²) in [7, 11) is 1.62. The molecule has 0 aromatic heterocycles. The van der Waals surface area contributed by atoms with Crippen LogP contribution in [0.2, 0.25) is 0 Å². The molecule has 1 aliphatic carbocycles. The van der Waals surface area contributed by atoms with E-state index >= 15 is 0 Å². The number of nitrogens with zero attached hydrogens (tertiary/aromatic N) is 1. The summed E-state index contributed by atoms with van der Waals surface area (Å²) >= 11 is 0. The summed E-state index contributed by atoms with van der Waals surface area (Å²) in [6, 6.07) is 8.36. The Balaban J connectivity index is 1.71. The second kappa shape index (κ2) is 6.18. The highest BCUT2D eigenvalue weighted by Gasteiger charge is 2.51. The van der Waals surface area contributed by atoms with Gasteiger partial charge in [-0.3, -0.25) is 4.79 Å². The molecule has 1 heterocycles. The molecule has 0 unspecified atom stereocenters. The number of fused-ring (bicyclic) bond motifs is 1. The minimum absolute atomic E-state index is 0.141. The van der Waals surface area contributed by atoms with Gasteiger partial charge in [0, 0.05) is 16.7 Å². The van der Waals surface area contributed by atoms with Crippen LogP contribution in [0, 0.1) is 5.92 Å². The zero-order valence-electron chi connectivity index (χ0n) is 12.0. The lowest BCUT2D eigenvalue weighted by atomic mass is 10.0. The first-order valence-electron chi connectivity index (χ1n) is 7.40. The third-order valence-electron chi connectivity index (χ3n) is 4.53. The molecule has 1 aromatic carbocycles. The number of halogens is 1. The average Bonchev–Trinajstić information content (AvgIpc) is 3.04. The van der Waals surface area contributed by atoms with Crippen LogP contribution in [0.3, 0.4) is 0 Å². The third-order valence-corrected chi connectivity index (χ3v) is 6.03. The van der Waals surface area contributed by atoms with Gasteiger partial charge in [0.05, 0.1) is 0 Å². The fraction of sp³-hybridized carbons (Fsp3) is 0.533. The predicted octanol–water partition coefficient (Wildman–Crippen LogP) is 2.46. The summed E-state index contributed by atoms with van der Waals surface area (Å²) in [5, 5.41) is 0. The first-order chi connectivity index (χ1) is 10.5. The molecule has 120 valence electrons. The molecule has 0 N–H and O–H groups in total. The Morgan fingerprint density at radius 1 is 1.27 bits per heavy atom. The molecule has 0 radical (unpaired) electrons. The number of carbonyl (C=O) groups is 1. The molecule has 2 aliphatic rings. The van der Waals surface area contributed by atoms with E-state index in [1.54, 1.807) is 0 Å². The summed E-state index contributed by atoms with van der Waals surface area (Å²) < 4.78 is 30.2. The van der Waals surface area contributed by atoms with Crippen molar-refractivity contribution < 1.29 is 17.9 Å². The lowest BCUT2D eigenvalue weighted by Crippen LogP contribution is -2.43. The molecule has 3 rings (SSSR count). The van der Waals surface area contributed by atoms with Crippen molar-refractivity contribution >= 4 is 25.9 Å². The predicted molar refractivity (Wildman–Crippen MR) is 82.4 cm³/mol. The Morgan fingerprint density at radius 2 is 2.00 bits per heavy atom. The van der Waals surface area contributed by atoms with Crippen LogP contribution in [-0.4, -0.2) is 30.8 Å². The van der Waals surface area contributed by atoms with Gasteiger partial charge < -0.3 is 4.74 Å². The van der Waals surface area contributed by atoms with Gasteiger partial charge >= 0.3 is 15.2 Å². The van der Waals surface area contributed by atoms with E-state index in [1.807, 2.05) is 30.3 Å². The summed E-state index contributed by atoms with van der Waals surface area (Å²) in [4.78, 5) is 12.3. The lowest BCUT2D eigenvalue weighted by molar-refractivity contribution is -0.149. The van der Waals surface area contributed by atoms with Crippen LogP contribution < -0.4 is 0 Å². The first-order valence-corrected chi connectivity index (χ1v) is 9.67. The molecule has 1 aromatic rings. The largest absolute Gasteiger partial charge is 0.460 e. The van der Waals surface area contributed by atoms with Gasteiger partial charge in [-0.1, -0.05) is 36.8 Å². The van der Waals surface area contributed by atoms with E-state index in [4.69, 9.17) is 15.4 Å². The van der Waals surface area contributed by atoms with Crippen LogP contribution in [0.15, 0.2) is 30.3 Å². The molecular formula is C15H18ClNO4S. The number of hydrogen-bond acceptors (Lipinski definition) is 4. The van der Waals surface area contributed by atoms with Crippen molar-refractivity contribution in [2.75, 3.05) is 0 Å². The summed E-state index contributed by atoms with van der Waals surface area (Å²) in [6.45, 7) is 0.141. The van der Waals surface area contributed by atoms with Gasteiger partial charge in [0.25, 0.3) is 0 Å². The zero-order valence-corrected chi connectivity index (χ0v) is 13.6. The van der Waals surface area contributed by atoms with Crippen LogP contribution in [-0.2, 0) is 25.4 Å². The molecule has 0 amide bonds. The van der Waals surface area contributed by atoms with Crippen molar-refractivity contribution in [2.45, 2.75) is 44.4 Å². The monoisotopic (exact) mass is 343 g/mol. The highest BCUT2D eigenvalue weighted by atomic mass is 35.7. The van der Waals surface area contributed by atoms with Gasteiger partial charge in [-0.05, 0) is 30.7 Å². The van der Waals surface area contributed by atoms with E-state index in [9.17, 15) is 13.2 Å². The Labute approximate surface area is 134 Å². The lowest BCUT2D eigenvalue weighted by Gasteiger charge is -2.24. The molecule has 2 fully saturated rings. The Kier molecular flexibility index (Phi) is 4.43. The Bertz CT molecular complexity index is 649. The molecule has 1 saturated carbocycles. The van der Waals surface area contributed by atoms with Crippen LogP contribution in [0.25, 0.3) is 0 Å². The fourth-order valence-corrected chi connectivity index (χ4v) is 5.26. The highest BCUT2D eigenvalue weighted by molar-refractivity contribution is 8.11. The van der Waals surface area contributed by atoms with E-state index < -0.39 is 21.2 Å². The quantitative estimate of drug-likeness (QED) is 0.622. The fourth-order valence-electron chi connectivity index (χ4n) is 3.59. The summed E-state index contributed by atoms with van der Waals surface area (Å²) in [5.41, 5.74) is 0.870. The van der Waals surface area contributed by atoms with Crippen molar-refractivity contribution in [3.05, 3.63) is 35.9 Å². The minimum atomic E-state index is -3.93. The van der Waals surface area contributed by atoms with Gasteiger partial charge in [0.15, 0.2) is 0 Å². The second-order valence-corrected chi connectivity index (χ2v) is 8.29. The molecule has 22 heavy (non-hydrogen) atoms. The van der Waals surface area contributed by atoms with Gasteiger partial charge in [-0.25, -0.2) is 0 Å². The molecular weight excluding hydrogens is 326 g/mol. The van der Waals surface area contributed by atoms with Crippen molar-refractivity contribution in [1.82, 2.24) is 4.31 Å². The zero-order chi connectivity index (χ0) is 15.7. The summed E-state index contributed by atoms with van der Waals surface area (Å²) in [6.07, 6.45) is 3.18. The minimum Gasteiger partial charge on any atom is -0.460 e. The molecule has 1 saturated heterocycles. The SMILES string of the molecule is O=C(OCc1ccccc1)[C@@H]1C[C@@H]2CCC[C@@H]2N1S(=O)(=O)Cl. The molecule has 3 atom stereocenters. The second-order valence-electron chi connectivity index (χ2n) is 5.88. The normalized spacial score (nSPS) is 28.5. The van der Waals surface area contributed by atoms with Crippen molar-refractivity contribution in [3.63, 3.8) is 0 Å². The smallest absolute Gasteiger partial charge is 0.324 e. The topological polar surface area (TPSA) is 63.7 Å². The number of carbonyl (C=O) groups excluding carboxylic acids is 1. The first kappa shape index (κ1) is 15.8. The van der Waals surface area contributed by atoms with Crippen LogP contribution in [0.4, 0.5) is 0 Å². The van der Waals surface area contributed by atoms with Gasteiger partial charge in [-0.15, -0.1) is 0 Å². The third kappa shape index (κ3) is 3.14. The van der Waals surface area contributed by atoms with Crippen molar-refractivity contribution in [2.24, 2.45) is 5.92 Å².